The number of nitrogens with zero attached hydrogens (tertiary/aromatic N) is 1. The smallest absolute Gasteiger partial charge is 0.218 e. The molecular weight excluding hydrogens is 320 g/mol. The van der Waals surface area contributed by atoms with E-state index in [4.69, 9.17) is 4.84 Å². The van der Waals surface area contributed by atoms with E-state index in [1.807, 2.05) is 0 Å². The highest BCUT2D eigenvalue weighted by atomic mass is 19.1. The molecule has 2 saturated carbocycles. The first-order valence-corrected chi connectivity index (χ1v) is 9.78. The highest BCUT2D eigenvalue weighted by molar-refractivity contribution is 5.33. The van der Waals surface area contributed by atoms with Crippen LogP contribution in [-0.4, -0.2) is 19.2 Å². The lowest BCUT2D eigenvalue weighted by atomic mass is 9.68. The Morgan fingerprint density at radius 1 is 0.840 bits per heavy atom. The fraction of sp³-hybridized carbons (Fsp3) is 0.714. The maximum atomic E-state index is 14.2. The summed E-state index contributed by atoms with van der Waals surface area (Å²) in [5.41, 5.74) is 0.789. The molecule has 2 nitrogen and oxygen atoms in total. The van der Waals surface area contributed by atoms with Gasteiger partial charge in [0.15, 0.2) is 11.6 Å². The van der Waals surface area contributed by atoms with Gasteiger partial charge < -0.3 is 4.84 Å². The van der Waals surface area contributed by atoms with E-state index in [0.717, 1.165) is 36.2 Å². The van der Waals surface area contributed by atoms with Crippen molar-refractivity contribution >= 4 is 0 Å². The monoisotopic (exact) mass is 351 g/mol. The maximum absolute atomic E-state index is 14.2. The lowest BCUT2D eigenvalue weighted by Gasteiger charge is -2.37. The van der Waals surface area contributed by atoms with Gasteiger partial charge in [0.1, 0.15) is 0 Å². The van der Waals surface area contributed by atoms with Crippen molar-refractivity contribution < 1.29 is 13.6 Å². The highest BCUT2D eigenvalue weighted by Crippen LogP contribution is 2.44. The Bertz CT molecular complexity index is 550. The quantitative estimate of drug-likeness (QED) is 0.624. The molecular formula is C21H31F2NO. The van der Waals surface area contributed by atoms with Crippen LogP contribution in [0.15, 0.2) is 12.1 Å². The van der Waals surface area contributed by atoms with Crippen LogP contribution < -0.4 is 4.84 Å². The molecule has 140 valence electrons. The number of hydrogen-bond donors (Lipinski definition) is 0. The van der Waals surface area contributed by atoms with Crippen LogP contribution in [0.25, 0.3) is 0 Å². The standard InChI is InChI=1S/C21H31F2NO/c1-14-4-6-15(7-5-14)16-8-10-17(11-9-16)18-12-19(22)21(20(23)13-18)25-24(2)3/h12-17H,4-11H2,1-3H3. The van der Waals surface area contributed by atoms with Crippen molar-refractivity contribution in [1.82, 2.24) is 5.06 Å². The first-order valence-electron chi connectivity index (χ1n) is 9.78. The molecule has 0 unspecified atom stereocenters. The summed E-state index contributed by atoms with van der Waals surface area (Å²) in [4.78, 5) is 5.11. The average Bonchev–Trinajstić information content (AvgIpc) is 2.59. The van der Waals surface area contributed by atoms with Crippen LogP contribution in [-0.2, 0) is 0 Å². The Kier molecular flexibility index (Phi) is 5.98. The Labute approximate surface area is 150 Å². The second-order valence-electron chi connectivity index (χ2n) is 8.35. The molecule has 25 heavy (non-hydrogen) atoms. The topological polar surface area (TPSA) is 12.5 Å². The molecule has 1 aromatic rings. The van der Waals surface area contributed by atoms with Crippen molar-refractivity contribution in [3.05, 3.63) is 29.3 Å². The highest BCUT2D eigenvalue weighted by Gasteiger charge is 2.31. The number of halogens is 2. The summed E-state index contributed by atoms with van der Waals surface area (Å²) in [6.45, 7) is 2.36. The third-order valence-corrected chi connectivity index (χ3v) is 6.26. The van der Waals surface area contributed by atoms with Gasteiger partial charge in [-0.3, -0.25) is 0 Å². The largest absolute Gasteiger partial charge is 0.400 e. The first kappa shape index (κ1) is 18.6. The molecule has 1 aromatic carbocycles. The van der Waals surface area contributed by atoms with Gasteiger partial charge in [-0.25, -0.2) is 8.78 Å². The van der Waals surface area contributed by atoms with Crippen LogP contribution >= 0.6 is 0 Å². The summed E-state index contributed by atoms with van der Waals surface area (Å²) in [7, 11) is 3.22. The molecule has 0 spiro atoms. The molecule has 0 atom stereocenters. The van der Waals surface area contributed by atoms with E-state index in [2.05, 4.69) is 6.92 Å². The van der Waals surface area contributed by atoms with Crippen LogP contribution in [0.5, 0.6) is 5.75 Å². The van der Waals surface area contributed by atoms with Crippen molar-refractivity contribution in [2.75, 3.05) is 14.1 Å². The Morgan fingerprint density at radius 2 is 1.32 bits per heavy atom. The normalized spacial score (nSPS) is 30.5. The molecule has 0 amide bonds. The molecule has 0 heterocycles. The van der Waals surface area contributed by atoms with Gasteiger partial charge in [-0.1, -0.05) is 19.8 Å². The van der Waals surface area contributed by atoms with E-state index in [-0.39, 0.29) is 11.7 Å². The minimum Gasteiger partial charge on any atom is -0.400 e. The molecule has 2 fully saturated rings. The molecule has 0 bridgehead atoms. The third-order valence-electron chi connectivity index (χ3n) is 6.26. The van der Waals surface area contributed by atoms with E-state index >= 15 is 0 Å². The third kappa shape index (κ3) is 4.52. The van der Waals surface area contributed by atoms with Gasteiger partial charge in [-0.2, -0.15) is 0 Å². The van der Waals surface area contributed by atoms with Gasteiger partial charge >= 0.3 is 0 Å². The van der Waals surface area contributed by atoms with Crippen molar-refractivity contribution in [2.45, 2.75) is 64.2 Å². The molecule has 0 aliphatic heterocycles. The van der Waals surface area contributed by atoms with Crippen LogP contribution in [0.1, 0.15) is 69.8 Å². The van der Waals surface area contributed by atoms with Gasteiger partial charge in [0.2, 0.25) is 5.75 Å². The minimum atomic E-state index is -0.605. The summed E-state index contributed by atoms with van der Waals surface area (Å²) < 4.78 is 28.5. The van der Waals surface area contributed by atoms with Crippen molar-refractivity contribution in [2.24, 2.45) is 17.8 Å². The molecule has 0 aromatic heterocycles. The van der Waals surface area contributed by atoms with E-state index in [1.54, 1.807) is 14.1 Å². The Balaban J connectivity index is 1.61. The van der Waals surface area contributed by atoms with E-state index < -0.39 is 11.6 Å². The number of hydroxylamine groups is 2. The zero-order valence-electron chi connectivity index (χ0n) is 15.7. The van der Waals surface area contributed by atoms with E-state index in [1.165, 1.54) is 55.7 Å². The minimum absolute atomic E-state index is 0.274. The van der Waals surface area contributed by atoms with Crippen molar-refractivity contribution in [3.8, 4) is 5.75 Å². The maximum Gasteiger partial charge on any atom is 0.218 e. The van der Waals surface area contributed by atoms with E-state index in [9.17, 15) is 8.78 Å². The Morgan fingerprint density at radius 3 is 1.80 bits per heavy atom. The second kappa shape index (κ2) is 8.03. The van der Waals surface area contributed by atoms with Crippen LogP contribution in [0.2, 0.25) is 0 Å². The summed E-state index contributed by atoms with van der Waals surface area (Å²) in [6, 6.07) is 2.93. The van der Waals surface area contributed by atoms with Crippen molar-refractivity contribution in [1.29, 1.82) is 0 Å². The molecule has 0 N–H and O–H groups in total. The van der Waals surface area contributed by atoms with Crippen molar-refractivity contribution in [3.63, 3.8) is 0 Å². The predicted molar refractivity (Wildman–Crippen MR) is 96.5 cm³/mol. The van der Waals surface area contributed by atoms with Crippen LogP contribution in [0.4, 0.5) is 8.78 Å². The average molecular weight is 351 g/mol. The van der Waals surface area contributed by atoms with E-state index in [0.29, 0.717) is 0 Å². The molecule has 0 radical (unpaired) electrons. The fourth-order valence-electron chi connectivity index (χ4n) is 4.77. The molecule has 3 rings (SSSR count). The summed E-state index contributed by atoms with van der Waals surface area (Å²) in [5, 5.41) is 1.30. The zero-order valence-corrected chi connectivity index (χ0v) is 15.7. The molecule has 4 heteroatoms. The zero-order chi connectivity index (χ0) is 18.0. The van der Waals surface area contributed by atoms with Crippen LogP contribution in [0, 0.1) is 29.4 Å². The second-order valence-corrected chi connectivity index (χ2v) is 8.35. The number of benzene rings is 1. The SMILES string of the molecule is CC1CCC(C2CCC(c3cc(F)c(ON(C)C)c(F)c3)CC2)CC1. The van der Waals surface area contributed by atoms with Gasteiger partial charge in [-0.05, 0) is 79.9 Å². The Hall–Kier alpha value is -1.16. The summed E-state index contributed by atoms with van der Waals surface area (Å²) in [6.07, 6.45) is 9.97. The molecule has 2 aliphatic rings. The lowest BCUT2D eigenvalue weighted by Crippen LogP contribution is -2.25. The molecule has 2 aliphatic carbocycles. The van der Waals surface area contributed by atoms with Gasteiger partial charge in [-0.15, -0.1) is 5.06 Å². The number of rotatable bonds is 4. The van der Waals surface area contributed by atoms with Gasteiger partial charge in [0, 0.05) is 14.1 Å². The van der Waals surface area contributed by atoms with Crippen LogP contribution in [0.3, 0.4) is 0 Å². The summed E-state index contributed by atoms with van der Waals surface area (Å²) >= 11 is 0. The lowest BCUT2D eigenvalue weighted by molar-refractivity contribution is -0.0117. The van der Waals surface area contributed by atoms with Gasteiger partial charge in [0.25, 0.3) is 0 Å². The first-order chi connectivity index (χ1) is 11.9. The fourth-order valence-corrected chi connectivity index (χ4v) is 4.77. The summed E-state index contributed by atoms with van der Waals surface area (Å²) in [5.74, 6) is 1.34. The molecule has 0 saturated heterocycles. The van der Waals surface area contributed by atoms with Gasteiger partial charge in [0.05, 0.1) is 0 Å². The number of hydrogen-bond acceptors (Lipinski definition) is 2. The predicted octanol–water partition coefficient (Wildman–Crippen LogP) is 5.92.